The van der Waals surface area contributed by atoms with Gasteiger partial charge in [-0.2, -0.15) is 5.69 Å². The summed E-state index contributed by atoms with van der Waals surface area (Å²) >= 11 is 0. The fraction of sp³-hybridized carbons (Fsp3) is 0.0870. The predicted octanol–water partition coefficient (Wildman–Crippen LogP) is 5.10. The third-order valence-corrected chi connectivity index (χ3v) is 4.57. The van der Waals surface area contributed by atoms with Gasteiger partial charge in [0.1, 0.15) is 0 Å². The molecule has 5 heteroatoms. The Morgan fingerprint density at radius 2 is 1.32 bits per heavy atom. The maximum Gasteiger partial charge on any atom is 1.00 e. The van der Waals surface area contributed by atoms with Crippen molar-refractivity contribution in [3.63, 3.8) is 0 Å². The quantitative estimate of drug-likeness (QED) is 0.358. The van der Waals surface area contributed by atoms with Crippen molar-refractivity contribution < 1.29 is 17.1 Å². The summed E-state index contributed by atoms with van der Waals surface area (Å²) < 4.78 is 0. The van der Waals surface area contributed by atoms with Crippen molar-refractivity contribution in [2.45, 2.75) is 13.8 Å². The molecular weight excluding hydrogens is 396 g/mol. The van der Waals surface area contributed by atoms with Gasteiger partial charge < -0.3 is 4.98 Å². The van der Waals surface area contributed by atoms with Crippen LogP contribution < -0.4 is 4.98 Å². The van der Waals surface area contributed by atoms with Gasteiger partial charge in [-0.05, 0) is 48.0 Å². The fourth-order valence-corrected chi connectivity index (χ4v) is 3.02. The second kappa shape index (κ2) is 8.79. The van der Waals surface area contributed by atoms with E-state index in [0.29, 0.717) is 0 Å². The molecule has 5 rings (SSSR count). The molecule has 0 aliphatic rings. The number of fused-ring (bicyclic) bond motifs is 3. The average molecular weight is 415 g/mol. The predicted molar refractivity (Wildman–Crippen MR) is 110 cm³/mol. The van der Waals surface area contributed by atoms with Gasteiger partial charge in [-0.25, -0.2) is 0 Å². The van der Waals surface area contributed by atoms with Gasteiger partial charge in [0, 0.05) is 18.6 Å². The average Bonchev–Trinajstić information content (AvgIpc) is 3.04. The van der Waals surface area contributed by atoms with Gasteiger partial charge in [-0.1, -0.05) is 42.8 Å². The van der Waals surface area contributed by atoms with E-state index in [1.165, 1.54) is 10.9 Å². The Bertz CT molecular complexity index is 1150. The minimum atomic E-state index is 0. The first-order valence-corrected chi connectivity index (χ1v) is 8.84. The third kappa shape index (κ3) is 3.96. The number of nitrogens with zero attached hydrogens (tertiary/aromatic N) is 4. The summed E-state index contributed by atoms with van der Waals surface area (Å²) in [6.07, 6.45) is 5.36. The van der Waals surface area contributed by atoms with Gasteiger partial charge in [-0.3, -0.25) is 15.0 Å². The molecule has 1 aromatic carbocycles. The minimum Gasteiger partial charge on any atom is -0.659 e. The van der Waals surface area contributed by atoms with E-state index >= 15 is 0 Å². The van der Waals surface area contributed by atoms with E-state index < -0.39 is 0 Å². The molecule has 0 saturated carbocycles. The second-order valence-corrected chi connectivity index (χ2v) is 6.29. The van der Waals surface area contributed by atoms with E-state index in [2.05, 4.69) is 45.1 Å². The molecule has 4 heterocycles. The van der Waals surface area contributed by atoms with Gasteiger partial charge >= 0.3 is 17.1 Å². The van der Waals surface area contributed by atoms with E-state index in [1.807, 2.05) is 55.6 Å². The smallest absolute Gasteiger partial charge is 0.659 e. The van der Waals surface area contributed by atoms with Gasteiger partial charge in [0.15, 0.2) is 0 Å². The molecule has 5 aromatic rings. The SMILES string of the molecule is Cc1[n-]c2c(ccc3cccnc32)c1C.[Cu+].c1ccc(-c2ccccn2)nc1. The Morgan fingerprint density at radius 3 is 1.93 bits per heavy atom. The van der Waals surface area contributed by atoms with Gasteiger partial charge in [0.05, 0.1) is 16.9 Å². The van der Waals surface area contributed by atoms with Crippen LogP contribution >= 0.6 is 0 Å². The Labute approximate surface area is 174 Å². The topological polar surface area (TPSA) is 52.8 Å². The Morgan fingerprint density at radius 1 is 0.679 bits per heavy atom. The summed E-state index contributed by atoms with van der Waals surface area (Å²) in [5, 5.41) is 2.38. The molecule has 0 bridgehead atoms. The summed E-state index contributed by atoms with van der Waals surface area (Å²) in [5.41, 5.74) is 6.23. The van der Waals surface area contributed by atoms with Crippen LogP contribution in [0, 0.1) is 13.8 Å². The number of rotatable bonds is 1. The normalized spacial score (nSPS) is 10.2. The molecule has 0 radical (unpaired) electrons. The van der Waals surface area contributed by atoms with Crippen molar-refractivity contribution in [1.82, 2.24) is 19.9 Å². The van der Waals surface area contributed by atoms with Crippen molar-refractivity contribution in [1.29, 1.82) is 0 Å². The zero-order valence-electron chi connectivity index (χ0n) is 15.6. The third-order valence-electron chi connectivity index (χ3n) is 4.57. The number of pyridine rings is 3. The van der Waals surface area contributed by atoms with Crippen LogP contribution in [0.2, 0.25) is 0 Å². The number of aromatic nitrogens is 4. The van der Waals surface area contributed by atoms with Crippen LogP contribution in [0.25, 0.3) is 33.2 Å². The second-order valence-electron chi connectivity index (χ2n) is 6.29. The molecule has 4 aromatic heterocycles. The monoisotopic (exact) mass is 414 g/mol. The van der Waals surface area contributed by atoms with Gasteiger partial charge in [0.25, 0.3) is 0 Å². The molecule has 0 aliphatic carbocycles. The first-order chi connectivity index (χ1) is 13.2. The maximum atomic E-state index is 4.58. The van der Waals surface area contributed by atoms with E-state index in [1.54, 1.807) is 12.4 Å². The minimum absolute atomic E-state index is 0. The Hall–Kier alpha value is -3.01. The zero-order chi connectivity index (χ0) is 18.6. The van der Waals surface area contributed by atoms with E-state index in [-0.39, 0.29) is 17.1 Å². The summed E-state index contributed by atoms with van der Waals surface area (Å²) in [6.45, 7) is 4.16. The van der Waals surface area contributed by atoms with Crippen LogP contribution in [0.5, 0.6) is 0 Å². The van der Waals surface area contributed by atoms with E-state index in [4.69, 9.17) is 0 Å². The van der Waals surface area contributed by atoms with Crippen LogP contribution in [-0.2, 0) is 17.1 Å². The summed E-state index contributed by atoms with van der Waals surface area (Å²) in [6, 6.07) is 19.9. The molecule has 4 nitrogen and oxygen atoms in total. The molecule has 142 valence electrons. The van der Waals surface area contributed by atoms with Crippen LogP contribution in [0.1, 0.15) is 11.3 Å². The Kier molecular flexibility index (Phi) is 6.19. The largest absolute Gasteiger partial charge is 1.00 e. The molecule has 0 fully saturated rings. The fourth-order valence-electron chi connectivity index (χ4n) is 3.02. The summed E-state index contributed by atoms with van der Waals surface area (Å²) in [7, 11) is 0. The number of hydrogen-bond donors (Lipinski definition) is 0. The molecule has 28 heavy (non-hydrogen) atoms. The molecule has 0 amide bonds. The first-order valence-electron chi connectivity index (χ1n) is 8.84. The molecular formula is C23H19CuN4. The molecule has 0 N–H and O–H groups in total. The molecule has 0 aliphatic heterocycles. The van der Waals surface area contributed by atoms with E-state index in [9.17, 15) is 0 Å². The van der Waals surface area contributed by atoms with Crippen LogP contribution in [-0.4, -0.2) is 15.0 Å². The summed E-state index contributed by atoms with van der Waals surface area (Å²) in [4.78, 5) is 17.4. The van der Waals surface area contributed by atoms with Gasteiger partial charge in [0.2, 0.25) is 0 Å². The van der Waals surface area contributed by atoms with Gasteiger partial charge in [-0.15, -0.1) is 5.52 Å². The Balaban J connectivity index is 0.000000159. The van der Waals surface area contributed by atoms with Crippen LogP contribution in [0.15, 0.2) is 79.3 Å². The maximum absolute atomic E-state index is 4.58. The zero-order valence-corrected chi connectivity index (χ0v) is 16.5. The standard InChI is InChI=1S/C13H11N2.C10H8N2.Cu/c1-8-9(2)15-13-11(8)6-5-10-4-3-7-14-12(10)13;1-3-7-11-9(5-1)10-6-2-4-8-12-10;/h3-7H,1-2H3;1-8H;/q-1;;+1. The number of hydrogen-bond acceptors (Lipinski definition) is 3. The molecule has 0 spiro atoms. The van der Waals surface area contributed by atoms with Crippen LogP contribution in [0.3, 0.4) is 0 Å². The summed E-state index contributed by atoms with van der Waals surface area (Å²) in [5.74, 6) is 0. The van der Waals surface area contributed by atoms with Crippen molar-refractivity contribution >= 4 is 21.8 Å². The molecule has 0 saturated heterocycles. The van der Waals surface area contributed by atoms with Crippen molar-refractivity contribution in [2.24, 2.45) is 0 Å². The molecule has 0 atom stereocenters. The van der Waals surface area contributed by atoms with E-state index in [0.717, 1.165) is 33.5 Å². The first kappa shape index (κ1) is 19.7. The number of benzene rings is 1. The van der Waals surface area contributed by atoms with Crippen molar-refractivity contribution in [3.8, 4) is 11.4 Å². The van der Waals surface area contributed by atoms with Crippen LogP contribution in [0.4, 0.5) is 0 Å². The van der Waals surface area contributed by atoms with Crippen molar-refractivity contribution in [3.05, 3.63) is 90.5 Å². The number of aryl methyl sites for hydroxylation is 2. The van der Waals surface area contributed by atoms with Crippen molar-refractivity contribution in [2.75, 3.05) is 0 Å². The molecule has 0 unspecified atom stereocenters.